The number of hydrogen-bond donors (Lipinski definition) is 1. The molecule has 1 N–H and O–H groups in total. The van der Waals surface area contributed by atoms with Crippen LogP contribution < -0.4 is 5.32 Å². The number of alkyl halides is 3. The molecule has 0 radical (unpaired) electrons. The van der Waals surface area contributed by atoms with E-state index in [-0.39, 0.29) is 30.7 Å². The van der Waals surface area contributed by atoms with E-state index in [4.69, 9.17) is 0 Å². The van der Waals surface area contributed by atoms with Crippen molar-refractivity contribution in [1.29, 1.82) is 0 Å². The molecule has 7 heteroatoms. The van der Waals surface area contributed by atoms with E-state index < -0.39 is 27.2 Å². The van der Waals surface area contributed by atoms with Crippen molar-refractivity contribution in [2.24, 2.45) is 5.92 Å². The van der Waals surface area contributed by atoms with E-state index in [1.807, 2.05) is 6.92 Å². The zero-order chi connectivity index (χ0) is 13.6. The molecule has 0 aromatic carbocycles. The molecule has 2 aliphatic rings. The Balaban J connectivity index is 2.22. The Morgan fingerprint density at radius 1 is 1.17 bits per heavy atom. The second kappa shape index (κ2) is 4.67. The van der Waals surface area contributed by atoms with Crippen molar-refractivity contribution in [3.05, 3.63) is 0 Å². The Bertz CT molecular complexity index is 407. The molecule has 1 saturated heterocycles. The van der Waals surface area contributed by atoms with E-state index in [9.17, 15) is 21.6 Å². The second-order valence-electron chi connectivity index (χ2n) is 5.42. The van der Waals surface area contributed by atoms with Gasteiger partial charge in [0.05, 0.1) is 16.9 Å². The largest absolute Gasteiger partial charge is 0.391 e. The van der Waals surface area contributed by atoms with Gasteiger partial charge in [0.2, 0.25) is 0 Å². The molecule has 1 aliphatic heterocycles. The van der Waals surface area contributed by atoms with Crippen molar-refractivity contribution >= 4 is 9.84 Å². The standard InChI is InChI=1S/C11H18F3NO2S/c1-7-4-5-18(16,17)10-6-8(11(12,13)14)2-3-9(10)15-7/h7-10,15H,2-6H2,1H3. The van der Waals surface area contributed by atoms with Gasteiger partial charge in [-0.25, -0.2) is 8.42 Å². The van der Waals surface area contributed by atoms with Crippen LogP contribution in [0.25, 0.3) is 0 Å². The van der Waals surface area contributed by atoms with E-state index in [0.29, 0.717) is 12.8 Å². The van der Waals surface area contributed by atoms with Crippen molar-refractivity contribution in [2.75, 3.05) is 5.75 Å². The molecule has 3 nitrogen and oxygen atoms in total. The fourth-order valence-electron chi connectivity index (χ4n) is 2.96. The quantitative estimate of drug-likeness (QED) is 0.739. The van der Waals surface area contributed by atoms with E-state index in [1.165, 1.54) is 0 Å². The van der Waals surface area contributed by atoms with Gasteiger partial charge in [0, 0.05) is 12.1 Å². The van der Waals surface area contributed by atoms with Crippen LogP contribution in [-0.4, -0.2) is 37.7 Å². The maximum Gasteiger partial charge on any atom is 0.391 e. The molecule has 0 bridgehead atoms. The zero-order valence-corrected chi connectivity index (χ0v) is 11.0. The molecule has 4 unspecified atom stereocenters. The fourth-order valence-corrected chi connectivity index (χ4v) is 5.18. The van der Waals surface area contributed by atoms with Crippen LogP contribution in [0.2, 0.25) is 0 Å². The first-order valence-electron chi connectivity index (χ1n) is 6.24. The van der Waals surface area contributed by atoms with E-state index in [1.54, 1.807) is 0 Å². The van der Waals surface area contributed by atoms with Crippen molar-refractivity contribution in [3.8, 4) is 0 Å². The molecule has 4 atom stereocenters. The van der Waals surface area contributed by atoms with Gasteiger partial charge in [0.1, 0.15) is 0 Å². The first kappa shape index (κ1) is 14.1. The molecule has 1 aliphatic carbocycles. The molecule has 2 rings (SSSR count). The van der Waals surface area contributed by atoms with Crippen LogP contribution >= 0.6 is 0 Å². The van der Waals surface area contributed by atoms with Gasteiger partial charge in [-0.05, 0) is 32.6 Å². The normalized spacial score (nSPS) is 40.9. The summed E-state index contributed by atoms with van der Waals surface area (Å²) in [5.74, 6) is -1.48. The van der Waals surface area contributed by atoms with Gasteiger partial charge in [-0.15, -0.1) is 0 Å². The van der Waals surface area contributed by atoms with E-state index in [2.05, 4.69) is 5.32 Å². The van der Waals surface area contributed by atoms with Gasteiger partial charge in [0.15, 0.2) is 9.84 Å². The predicted octanol–water partition coefficient (Wildman–Crippen LogP) is 1.88. The van der Waals surface area contributed by atoms with Crippen LogP contribution in [0.4, 0.5) is 13.2 Å². The lowest BCUT2D eigenvalue weighted by atomic mass is 9.85. The average Bonchev–Trinajstić information content (AvgIpc) is 2.35. The van der Waals surface area contributed by atoms with Crippen molar-refractivity contribution in [2.45, 2.75) is 56.1 Å². The monoisotopic (exact) mass is 285 g/mol. The molecular weight excluding hydrogens is 267 g/mol. The third-order valence-corrected chi connectivity index (χ3v) is 6.30. The number of nitrogens with one attached hydrogen (secondary N) is 1. The van der Waals surface area contributed by atoms with Gasteiger partial charge in [-0.1, -0.05) is 0 Å². The Morgan fingerprint density at radius 3 is 2.44 bits per heavy atom. The summed E-state index contributed by atoms with van der Waals surface area (Å²) in [5.41, 5.74) is 0. The van der Waals surface area contributed by atoms with Gasteiger partial charge in [-0.3, -0.25) is 0 Å². The summed E-state index contributed by atoms with van der Waals surface area (Å²) in [6, 6.07) is -0.261. The SMILES string of the molecule is CC1CCS(=O)(=O)C2CC(C(F)(F)F)CCC2N1. The lowest BCUT2D eigenvalue weighted by molar-refractivity contribution is -0.182. The minimum atomic E-state index is -4.28. The second-order valence-corrected chi connectivity index (χ2v) is 7.76. The average molecular weight is 285 g/mol. The Morgan fingerprint density at radius 2 is 1.83 bits per heavy atom. The van der Waals surface area contributed by atoms with Gasteiger partial charge in [-0.2, -0.15) is 13.2 Å². The minimum Gasteiger partial charge on any atom is -0.310 e. The number of sulfone groups is 1. The van der Waals surface area contributed by atoms with E-state index >= 15 is 0 Å². The first-order valence-corrected chi connectivity index (χ1v) is 7.96. The van der Waals surface area contributed by atoms with Crippen LogP contribution in [-0.2, 0) is 9.84 Å². The molecular formula is C11H18F3NO2S. The summed E-state index contributed by atoms with van der Waals surface area (Å²) in [6.07, 6.45) is -3.76. The highest BCUT2D eigenvalue weighted by Crippen LogP contribution is 2.40. The molecule has 1 saturated carbocycles. The molecule has 0 aromatic heterocycles. The molecule has 0 spiro atoms. The zero-order valence-electron chi connectivity index (χ0n) is 10.2. The summed E-state index contributed by atoms with van der Waals surface area (Å²) in [6.45, 7) is 1.88. The lowest BCUT2D eigenvalue weighted by Crippen LogP contribution is -2.50. The highest BCUT2D eigenvalue weighted by molar-refractivity contribution is 7.92. The Kier molecular flexibility index (Phi) is 3.66. The highest BCUT2D eigenvalue weighted by atomic mass is 32.2. The number of halogens is 3. The summed E-state index contributed by atoms with van der Waals surface area (Å²) >= 11 is 0. The van der Waals surface area contributed by atoms with Crippen molar-refractivity contribution < 1.29 is 21.6 Å². The Labute approximate surface area is 105 Å². The number of hydrogen-bond acceptors (Lipinski definition) is 3. The minimum absolute atomic E-state index is 0.00703. The Hall–Kier alpha value is -0.300. The van der Waals surface area contributed by atoms with Gasteiger partial charge in [0.25, 0.3) is 0 Å². The number of rotatable bonds is 0. The fraction of sp³-hybridized carbons (Fsp3) is 1.00. The summed E-state index contributed by atoms with van der Waals surface area (Å²) < 4.78 is 62.2. The molecule has 18 heavy (non-hydrogen) atoms. The van der Waals surface area contributed by atoms with Crippen molar-refractivity contribution in [1.82, 2.24) is 5.32 Å². The highest BCUT2D eigenvalue weighted by Gasteiger charge is 2.49. The maximum absolute atomic E-state index is 12.7. The lowest BCUT2D eigenvalue weighted by Gasteiger charge is -2.36. The maximum atomic E-state index is 12.7. The summed E-state index contributed by atoms with van der Waals surface area (Å²) in [4.78, 5) is 0. The van der Waals surface area contributed by atoms with Crippen LogP contribution in [0.15, 0.2) is 0 Å². The molecule has 0 amide bonds. The van der Waals surface area contributed by atoms with Crippen LogP contribution in [0, 0.1) is 5.92 Å². The molecule has 1 heterocycles. The summed E-state index contributed by atoms with van der Waals surface area (Å²) in [5, 5.41) is 2.29. The predicted molar refractivity (Wildman–Crippen MR) is 62.0 cm³/mol. The van der Waals surface area contributed by atoms with Crippen LogP contribution in [0.1, 0.15) is 32.6 Å². The third kappa shape index (κ3) is 2.82. The topological polar surface area (TPSA) is 46.2 Å². The molecule has 2 fully saturated rings. The van der Waals surface area contributed by atoms with Crippen LogP contribution in [0.5, 0.6) is 0 Å². The number of fused-ring (bicyclic) bond motifs is 1. The molecule has 106 valence electrons. The smallest absolute Gasteiger partial charge is 0.310 e. The van der Waals surface area contributed by atoms with Crippen LogP contribution in [0.3, 0.4) is 0 Å². The molecule has 0 aromatic rings. The third-order valence-electron chi connectivity index (χ3n) is 4.05. The van der Waals surface area contributed by atoms with Crippen molar-refractivity contribution in [3.63, 3.8) is 0 Å². The summed E-state index contributed by atoms with van der Waals surface area (Å²) in [7, 11) is -3.41. The van der Waals surface area contributed by atoms with Gasteiger partial charge >= 0.3 is 6.18 Å². The van der Waals surface area contributed by atoms with E-state index in [0.717, 1.165) is 0 Å². The van der Waals surface area contributed by atoms with Gasteiger partial charge < -0.3 is 5.32 Å². The first-order chi connectivity index (χ1) is 8.20.